The van der Waals surface area contributed by atoms with Gasteiger partial charge < -0.3 is 4.42 Å². The van der Waals surface area contributed by atoms with Gasteiger partial charge >= 0.3 is 0 Å². The van der Waals surface area contributed by atoms with E-state index in [-0.39, 0.29) is 0 Å². The van der Waals surface area contributed by atoms with Crippen LogP contribution in [0.3, 0.4) is 0 Å². The first kappa shape index (κ1) is 17.4. The first-order chi connectivity index (χ1) is 14.7. The third-order valence-corrected chi connectivity index (χ3v) is 7.12. The molecule has 6 rings (SSSR count). The van der Waals surface area contributed by atoms with Gasteiger partial charge in [-0.2, -0.15) is 0 Å². The molecule has 0 atom stereocenters. The van der Waals surface area contributed by atoms with Crippen LogP contribution in [-0.2, 0) is 0 Å². The normalized spacial score (nSPS) is 11.7. The highest BCUT2D eigenvalue weighted by molar-refractivity contribution is 7.19. The Morgan fingerprint density at radius 1 is 0.800 bits per heavy atom. The summed E-state index contributed by atoms with van der Waals surface area (Å²) in [6, 6.07) is 25.3. The molecule has 0 unspecified atom stereocenters. The average Bonchev–Trinajstić information content (AvgIpc) is 3.31. The van der Waals surface area contributed by atoms with Crippen molar-refractivity contribution in [2.75, 3.05) is 0 Å². The van der Waals surface area contributed by atoms with E-state index in [4.69, 9.17) is 9.40 Å². The standard InChI is InChI=1S/C27H19NOS/c1-16-17(2)30-25-12-6-8-19(26(16)25)18-13-14-28-23(15-18)22-10-5-9-21-20-7-3-4-11-24(20)29-27(21)22/h3-15H,1-2H3. The number of nitrogens with zero attached hydrogens (tertiary/aromatic N) is 1. The van der Waals surface area contributed by atoms with Gasteiger partial charge in [0.2, 0.25) is 0 Å². The van der Waals surface area contributed by atoms with Crippen molar-refractivity contribution < 1.29 is 4.42 Å². The van der Waals surface area contributed by atoms with Crippen molar-refractivity contribution in [1.29, 1.82) is 0 Å². The van der Waals surface area contributed by atoms with Gasteiger partial charge in [-0.1, -0.05) is 42.5 Å². The van der Waals surface area contributed by atoms with Crippen LogP contribution in [0.15, 0.2) is 83.4 Å². The van der Waals surface area contributed by atoms with Crippen LogP contribution in [0.5, 0.6) is 0 Å². The second-order valence-corrected chi connectivity index (χ2v) is 8.93. The minimum atomic E-state index is 0.893. The molecular formula is C27H19NOS. The molecule has 30 heavy (non-hydrogen) atoms. The maximum atomic E-state index is 6.24. The number of para-hydroxylation sites is 2. The van der Waals surface area contributed by atoms with Crippen molar-refractivity contribution in [3.05, 3.63) is 89.4 Å². The number of aryl methyl sites for hydroxylation is 2. The van der Waals surface area contributed by atoms with Gasteiger partial charge in [0.1, 0.15) is 11.2 Å². The highest BCUT2D eigenvalue weighted by Gasteiger charge is 2.15. The highest BCUT2D eigenvalue weighted by Crippen LogP contribution is 2.39. The van der Waals surface area contributed by atoms with Gasteiger partial charge in [0.25, 0.3) is 0 Å². The number of hydrogen-bond donors (Lipinski definition) is 0. The number of hydrogen-bond acceptors (Lipinski definition) is 3. The fraction of sp³-hybridized carbons (Fsp3) is 0.0741. The average molecular weight is 406 g/mol. The van der Waals surface area contributed by atoms with Crippen LogP contribution in [0.25, 0.3) is 54.4 Å². The van der Waals surface area contributed by atoms with Crippen molar-refractivity contribution in [3.63, 3.8) is 0 Å². The molecule has 0 spiro atoms. The van der Waals surface area contributed by atoms with Gasteiger partial charge in [-0.05, 0) is 60.9 Å². The smallest absolute Gasteiger partial charge is 0.144 e. The Morgan fingerprint density at radius 3 is 2.53 bits per heavy atom. The molecule has 3 aromatic heterocycles. The lowest BCUT2D eigenvalue weighted by atomic mass is 9.98. The SMILES string of the molecule is Cc1sc2cccc(-c3ccnc(-c4cccc5c4oc4ccccc45)c3)c2c1C. The largest absolute Gasteiger partial charge is 0.455 e. The van der Waals surface area contributed by atoms with Crippen LogP contribution in [-0.4, -0.2) is 4.98 Å². The van der Waals surface area contributed by atoms with E-state index >= 15 is 0 Å². The predicted molar refractivity (Wildman–Crippen MR) is 127 cm³/mol. The third-order valence-electron chi connectivity index (χ3n) is 5.94. The summed E-state index contributed by atoms with van der Waals surface area (Å²) >= 11 is 1.86. The Hall–Kier alpha value is -3.43. The zero-order chi connectivity index (χ0) is 20.2. The van der Waals surface area contributed by atoms with Gasteiger partial charge in [-0.15, -0.1) is 11.3 Å². The van der Waals surface area contributed by atoms with Gasteiger partial charge in [-0.3, -0.25) is 4.98 Å². The maximum absolute atomic E-state index is 6.24. The van der Waals surface area contributed by atoms with Gasteiger partial charge in [0.05, 0.1) is 5.69 Å². The number of fused-ring (bicyclic) bond motifs is 4. The topological polar surface area (TPSA) is 26.0 Å². The minimum Gasteiger partial charge on any atom is -0.455 e. The van der Waals surface area contributed by atoms with Crippen molar-refractivity contribution in [2.24, 2.45) is 0 Å². The van der Waals surface area contributed by atoms with E-state index in [2.05, 4.69) is 74.5 Å². The Kier molecular flexibility index (Phi) is 3.80. The Balaban J connectivity index is 1.59. The Morgan fingerprint density at radius 2 is 1.60 bits per heavy atom. The van der Waals surface area contributed by atoms with E-state index in [1.165, 1.54) is 31.7 Å². The second kappa shape index (κ2) is 6.54. The number of thiophene rings is 1. The number of pyridine rings is 1. The molecule has 0 aliphatic heterocycles. The van der Waals surface area contributed by atoms with Crippen LogP contribution < -0.4 is 0 Å². The lowest BCUT2D eigenvalue weighted by Gasteiger charge is -2.08. The molecule has 0 bridgehead atoms. The van der Waals surface area contributed by atoms with E-state index in [1.807, 2.05) is 29.7 Å². The van der Waals surface area contributed by atoms with E-state index in [1.54, 1.807) is 0 Å². The first-order valence-electron chi connectivity index (χ1n) is 10.1. The Labute approximate surface area is 178 Å². The molecule has 0 radical (unpaired) electrons. The molecule has 3 heterocycles. The summed E-state index contributed by atoms with van der Waals surface area (Å²) in [5.41, 5.74) is 7.56. The number of furan rings is 1. The van der Waals surface area contributed by atoms with E-state index in [9.17, 15) is 0 Å². The van der Waals surface area contributed by atoms with Crippen molar-refractivity contribution >= 4 is 43.4 Å². The molecule has 0 saturated heterocycles. The number of benzene rings is 3. The molecule has 0 aliphatic carbocycles. The first-order valence-corrected chi connectivity index (χ1v) is 10.9. The fourth-order valence-electron chi connectivity index (χ4n) is 4.36. The molecule has 6 aromatic rings. The summed E-state index contributed by atoms with van der Waals surface area (Å²) < 4.78 is 7.57. The van der Waals surface area contributed by atoms with Gasteiger partial charge in [0.15, 0.2) is 0 Å². The molecule has 3 aromatic carbocycles. The van der Waals surface area contributed by atoms with Crippen LogP contribution in [0.4, 0.5) is 0 Å². The monoisotopic (exact) mass is 405 g/mol. The highest BCUT2D eigenvalue weighted by atomic mass is 32.1. The van der Waals surface area contributed by atoms with Crippen LogP contribution >= 0.6 is 11.3 Å². The zero-order valence-electron chi connectivity index (χ0n) is 16.8. The van der Waals surface area contributed by atoms with E-state index in [0.29, 0.717) is 0 Å². The number of aromatic nitrogens is 1. The van der Waals surface area contributed by atoms with Crippen molar-refractivity contribution in [1.82, 2.24) is 4.98 Å². The van der Waals surface area contributed by atoms with Gasteiger partial charge in [0, 0.05) is 37.5 Å². The summed E-state index contributed by atoms with van der Waals surface area (Å²) in [6.45, 7) is 4.42. The molecule has 2 nitrogen and oxygen atoms in total. The minimum absolute atomic E-state index is 0.893. The second-order valence-electron chi connectivity index (χ2n) is 7.67. The van der Waals surface area contributed by atoms with Crippen LogP contribution in [0.2, 0.25) is 0 Å². The fourth-order valence-corrected chi connectivity index (χ4v) is 5.45. The molecule has 0 amide bonds. The quantitative estimate of drug-likeness (QED) is 0.290. The maximum Gasteiger partial charge on any atom is 0.144 e. The molecule has 3 heteroatoms. The lowest BCUT2D eigenvalue weighted by molar-refractivity contribution is 0.670. The summed E-state index contributed by atoms with van der Waals surface area (Å²) in [5, 5.41) is 3.61. The van der Waals surface area contributed by atoms with E-state index < -0.39 is 0 Å². The third kappa shape index (κ3) is 2.52. The molecule has 0 aliphatic rings. The molecule has 0 saturated carbocycles. The summed E-state index contributed by atoms with van der Waals surface area (Å²) in [6.07, 6.45) is 1.90. The van der Waals surface area contributed by atoms with Crippen molar-refractivity contribution in [3.8, 4) is 22.4 Å². The van der Waals surface area contributed by atoms with Crippen molar-refractivity contribution in [2.45, 2.75) is 13.8 Å². The van der Waals surface area contributed by atoms with Crippen LogP contribution in [0, 0.1) is 13.8 Å². The molecule has 144 valence electrons. The summed E-state index contributed by atoms with van der Waals surface area (Å²) in [4.78, 5) is 6.08. The Bertz CT molecular complexity index is 1570. The van der Waals surface area contributed by atoms with E-state index in [0.717, 1.165) is 33.2 Å². The number of rotatable bonds is 2. The van der Waals surface area contributed by atoms with Crippen LogP contribution in [0.1, 0.15) is 10.4 Å². The van der Waals surface area contributed by atoms with Gasteiger partial charge in [-0.25, -0.2) is 0 Å². The zero-order valence-corrected chi connectivity index (χ0v) is 17.6. The molecule has 0 N–H and O–H groups in total. The molecule has 0 fully saturated rings. The summed E-state index contributed by atoms with van der Waals surface area (Å²) in [5.74, 6) is 0. The predicted octanol–water partition coefficient (Wildman–Crippen LogP) is 8.15. The summed E-state index contributed by atoms with van der Waals surface area (Å²) in [7, 11) is 0. The molecular weight excluding hydrogens is 386 g/mol. The lowest BCUT2D eigenvalue weighted by Crippen LogP contribution is -1.87.